The van der Waals surface area contributed by atoms with Crippen molar-refractivity contribution in [3.05, 3.63) is 17.7 Å². The van der Waals surface area contributed by atoms with E-state index in [0.717, 1.165) is 0 Å². The van der Waals surface area contributed by atoms with Gasteiger partial charge >= 0.3 is 35.8 Å². The molecule has 0 saturated carbocycles. The number of benzene rings is 1. The molecule has 0 aromatic heterocycles. The highest BCUT2D eigenvalue weighted by atomic mass is 19.4. The molecule has 0 radical (unpaired) electrons. The monoisotopic (exact) mass is 455 g/mol. The first-order valence-electron chi connectivity index (χ1n) is 6.89. The predicted octanol–water partition coefficient (Wildman–Crippen LogP) is 5.19. The van der Waals surface area contributed by atoms with Gasteiger partial charge in [0.15, 0.2) is 11.5 Å². The molecule has 0 fully saturated rings. The Labute approximate surface area is 151 Å². The molecule has 1 aromatic carbocycles. The van der Waals surface area contributed by atoms with E-state index >= 15 is 0 Å². The quantitative estimate of drug-likeness (QED) is 0.491. The minimum absolute atomic E-state index is 0.123. The molecule has 3 nitrogen and oxygen atoms in total. The van der Waals surface area contributed by atoms with E-state index in [0.29, 0.717) is 6.07 Å². The molecule has 2 rings (SSSR count). The van der Waals surface area contributed by atoms with Crippen molar-refractivity contribution >= 4 is 5.69 Å². The largest absolute Gasteiger partial charge is 0.460 e. The third kappa shape index (κ3) is 2.89. The van der Waals surface area contributed by atoms with Gasteiger partial charge in [-0.15, -0.1) is 0 Å². The van der Waals surface area contributed by atoms with Gasteiger partial charge in [-0.3, -0.25) is 0 Å². The van der Waals surface area contributed by atoms with Crippen molar-refractivity contribution in [1.82, 2.24) is 0 Å². The van der Waals surface area contributed by atoms with Crippen molar-refractivity contribution < 1.29 is 66.5 Å². The first kappa shape index (κ1) is 23.0. The average Bonchev–Trinajstić information content (AvgIpc) is 2.99. The van der Waals surface area contributed by atoms with Crippen molar-refractivity contribution in [2.75, 3.05) is 12.5 Å². The van der Waals surface area contributed by atoms with E-state index in [4.69, 9.17) is 5.73 Å². The Kier molecular flexibility index (Phi) is 4.84. The molecule has 0 saturated heterocycles. The van der Waals surface area contributed by atoms with Gasteiger partial charge in [-0.25, -0.2) is 0 Å². The summed E-state index contributed by atoms with van der Waals surface area (Å²) < 4.78 is 180. The van der Waals surface area contributed by atoms with E-state index in [2.05, 4.69) is 9.47 Å². The maximum absolute atomic E-state index is 14.1. The molecule has 29 heavy (non-hydrogen) atoms. The maximum atomic E-state index is 14.1. The van der Waals surface area contributed by atoms with Crippen LogP contribution in [-0.2, 0) is 5.92 Å². The second kappa shape index (κ2) is 6.10. The summed E-state index contributed by atoms with van der Waals surface area (Å²) in [6.45, 7) is -0.660. The molecule has 0 atom stereocenters. The summed E-state index contributed by atoms with van der Waals surface area (Å²) in [5, 5.41) is 0. The number of hydrogen-bond acceptors (Lipinski definition) is 3. The van der Waals surface area contributed by atoms with Gasteiger partial charge in [0.2, 0.25) is 6.79 Å². The molecule has 0 aliphatic carbocycles. The lowest BCUT2D eigenvalue weighted by atomic mass is 9.90. The third-order valence-corrected chi connectivity index (χ3v) is 3.82. The van der Waals surface area contributed by atoms with Gasteiger partial charge in [0, 0.05) is 11.8 Å². The van der Waals surface area contributed by atoms with Crippen molar-refractivity contribution in [1.29, 1.82) is 0 Å². The van der Waals surface area contributed by atoms with Crippen LogP contribution in [0.3, 0.4) is 0 Å². The molecule has 0 spiro atoms. The van der Waals surface area contributed by atoms with Crippen LogP contribution in [0.15, 0.2) is 12.1 Å². The molecule has 1 heterocycles. The topological polar surface area (TPSA) is 44.5 Å². The first-order valence-corrected chi connectivity index (χ1v) is 6.89. The summed E-state index contributed by atoms with van der Waals surface area (Å²) in [4.78, 5) is 0. The maximum Gasteiger partial charge on any atom is 0.460 e. The van der Waals surface area contributed by atoms with Crippen LogP contribution in [0.2, 0.25) is 0 Å². The van der Waals surface area contributed by atoms with Crippen LogP contribution >= 0.6 is 0 Å². The van der Waals surface area contributed by atoms with Gasteiger partial charge in [0.1, 0.15) is 0 Å². The lowest BCUT2D eigenvalue weighted by Gasteiger charge is -2.40. The lowest BCUT2D eigenvalue weighted by Crippen LogP contribution is -2.69. The van der Waals surface area contributed by atoms with Crippen LogP contribution in [0, 0.1) is 0 Å². The van der Waals surface area contributed by atoms with Crippen LogP contribution in [-0.4, -0.2) is 36.7 Å². The SMILES string of the molecule is Nc1cc2c(cc1C(F)(F)C(F)(F)C(F)(F)C(F)(F)C(F)(F)C(F)(F)F)OCO2. The molecule has 16 heteroatoms. The molecular weight excluding hydrogens is 449 g/mol. The fraction of sp³-hybridized carbons (Fsp3) is 0.538. The minimum atomic E-state index is -7.98. The van der Waals surface area contributed by atoms with Gasteiger partial charge in [-0.05, 0) is 6.07 Å². The second-order valence-corrected chi connectivity index (χ2v) is 5.66. The number of halogens is 13. The number of rotatable bonds is 5. The second-order valence-electron chi connectivity index (χ2n) is 5.66. The molecule has 0 unspecified atom stereocenters. The normalized spacial score (nSPS) is 16.3. The highest BCUT2D eigenvalue weighted by Crippen LogP contribution is 2.62. The molecule has 0 bridgehead atoms. The summed E-state index contributed by atoms with van der Waals surface area (Å²) in [5.74, 6) is -38.8. The Balaban J connectivity index is 2.63. The zero-order chi connectivity index (χ0) is 22.8. The smallest absolute Gasteiger partial charge is 0.454 e. The summed E-state index contributed by atoms with van der Waals surface area (Å²) in [5.41, 5.74) is 1.24. The number of ether oxygens (including phenoxy) is 2. The van der Waals surface area contributed by atoms with Crippen molar-refractivity contribution in [3.63, 3.8) is 0 Å². The van der Waals surface area contributed by atoms with E-state index in [1.54, 1.807) is 0 Å². The van der Waals surface area contributed by atoms with Crippen molar-refractivity contribution in [2.45, 2.75) is 35.8 Å². The van der Waals surface area contributed by atoms with Gasteiger partial charge < -0.3 is 15.2 Å². The molecule has 2 N–H and O–H groups in total. The van der Waals surface area contributed by atoms with Gasteiger partial charge in [-0.2, -0.15) is 57.1 Å². The number of nitrogen functional groups attached to an aromatic ring is 1. The number of hydrogen-bond donors (Lipinski definition) is 1. The van der Waals surface area contributed by atoms with Gasteiger partial charge in [0.05, 0.1) is 5.56 Å². The Morgan fingerprint density at radius 2 is 1.03 bits per heavy atom. The Morgan fingerprint density at radius 3 is 1.48 bits per heavy atom. The predicted molar refractivity (Wildman–Crippen MR) is 66.7 cm³/mol. The zero-order valence-corrected chi connectivity index (χ0v) is 13.2. The Hall–Kier alpha value is -2.29. The van der Waals surface area contributed by atoms with E-state index in [-0.39, 0.29) is 6.07 Å². The number of fused-ring (bicyclic) bond motifs is 1. The molecule has 1 aliphatic rings. The van der Waals surface area contributed by atoms with E-state index in [1.807, 2.05) is 0 Å². The van der Waals surface area contributed by atoms with Gasteiger partial charge in [0.25, 0.3) is 0 Å². The fourth-order valence-electron chi connectivity index (χ4n) is 2.17. The van der Waals surface area contributed by atoms with Crippen LogP contribution < -0.4 is 15.2 Å². The first-order chi connectivity index (χ1) is 12.7. The number of anilines is 1. The highest BCUT2D eigenvalue weighted by molar-refractivity contribution is 5.60. The summed E-state index contributed by atoms with van der Waals surface area (Å²) in [7, 11) is 0. The van der Waals surface area contributed by atoms with Crippen molar-refractivity contribution in [2.24, 2.45) is 0 Å². The summed E-state index contributed by atoms with van der Waals surface area (Å²) >= 11 is 0. The third-order valence-electron chi connectivity index (χ3n) is 3.82. The van der Waals surface area contributed by atoms with Crippen LogP contribution in [0.1, 0.15) is 5.56 Å². The van der Waals surface area contributed by atoms with Crippen LogP contribution in [0.25, 0.3) is 0 Å². The van der Waals surface area contributed by atoms with E-state index in [1.165, 1.54) is 0 Å². The summed E-state index contributed by atoms with van der Waals surface area (Å²) in [6.07, 6.45) is -7.47. The molecule has 1 aromatic rings. The molecule has 166 valence electrons. The highest BCUT2D eigenvalue weighted by Gasteiger charge is 2.91. The van der Waals surface area contributed by atoms with Crippen LogP contribution in [0.5, 0.6) is 11.5 Å². The van der Waals surface area contributed by atoms with Crippen LogP contribution in [0.4, 0.5) is 62.8 Å². The van der Waals surface area contributed by atoms with Gasteiger partial charge in [-0.1, -0.05) is 0 Å². The van der Waals surface area contributed by atoms with E-state index in [9.17, 15) is 57.1 Å². The molecule has 0 amide bonds. The molecule has 1 aliphatic heterocycles. The van der Waals surface area contributed by atoms with Crippen molar-refractivity contribution in [3.8, 4) is 11.5 Å². The van der Waals surface area contributed by atoms with E-state index < -0.39 is 65.3 Å². The summed E-state index contributed by atoms with van der Waals surface area (Å²) in [6, 6.07) is 0.226. The minimum Gasteiger partial charge on any atom is -0.454 e. The fourth-order valence-corrected chi connectivity index (χ4v) is 2.17. The lowest BCUT2D eigenvalue weighted by molar-refractivity contribution is -0.441. The number of nitrogens with two attached hydrogens (primary N) is 1. The Morgan fingerprint density at radius 1 is 0.621 bits per heavy atom. The Bertz CT molecular complexity index is 803. The average molecular weight is 455 g/mol. The number of alkyl halides is 13. The zero-order valence-electron chi connectivity index (χ0n) is 13.2. The molecular formula is C13H6F13NO2. The standard InChI is InChI=1S/C13H6F13NO2/c14-8(15,4-1-6-7(2-5(4)27)29-3-28-6)9(16,17)10(18,19)11(20,21)12(22,23)13(24,25)26/h1-2H,3,27H2.